The van der Waals surface area contributed by atoms with Gasteiger partial charge in [0.2, 0.25) is 0 Å². The Balaban J connectivity index is 1.51. The van der Waals surface area contributed by atoms with Crippen molar-refractivity contribution in [1.29, 1.82) is 0 Å². The van der Waals surface area contributed by atoms with Gasteiger partial charge in [0.25, 0.3) is 0 Å². The largest absolute Gasteiger partial charge is 0.486 e. The van der Waals surface area contributed by atoms with Crippen LogP contribution in [0.2, 0.25) is 0 Å². The van der Waals surface area contributed by atoms with Gasteiger partial charge in [-0.1, -0.05) is 18.2 Å². The second kappa shape index (κ2) is 5.13. The van der Waals surface area contributed by atoms with E-state index in [0.29, 0.717) is 6.61 Å². The first-order valence-corrected chi connectivity index (χ1v) is 7.89. The quantitative estimate of drug-likeness (QED) is 0.798. The summed E-state index contributed by atoms with van der Waals surface area (Å²) in [5, 5.41) is 10.8. The van der Waals surface area contributed by atoms with Crippen LogP contribution in [0, 0.1) is 0 Å². The normalized spacial score (nSPS) is 17.1. The minimum absolute atomic E-state index is 0.307. The second-order valence-corrected chi connectivity index (χ2v) is 6.39. The molecule has 0 fully saturated rings. The number of thiazole rings is 1. The highest BCUT2D eigenvalue weighted by Crippen LogP contribution is 2.33. The average molecular weight is 297 g/mol. The Hall–Kier alpha value is -1.91. The van der Waals surface area contributed by atoms with Crippen molar-refractivity contribution in [3.63, 3.8) is 0 Å². The van der Waals surface area contributed by atoms with Gasteiger partial charge >= 0.3 is 0 Å². The topological polar surface area (TPSA) is 42.4 Å². The van der Waals surface area contributed by atoms with Crippen LogP contribution >= 0.6 is 11.3 Å². The van der Waals surface area contributed by atoms with E-state index >= 15 is 0 Å². The van der Waals surface area contributed by atoms with E-state index in [4.69, 9.17) is 4.74 Å². The van der Waals surface area contributed by atoms with Gasteiger partial charge in [-0.2, -0.15) is 0 Å². The molecule has 0 radical (unpaired) electrons. The highest BCUT2D eigenvalue weighted by Gasteiger charge is 2.20. The number of aliphatic hydroxyl groups excluding tert-OH is 1. The van der Waals surface area contributed by atoms with E-state index in [-0.39, 0.29) is 6.10 Å². The summed E-state index contributed by atoms with van der Waals surface area (Å²) < 4.78 is 7.04. The van der Waals surface area contributed by atoms with Crippen molar-refractivity contribution in [2.75, 3.05) is 0 Å². The Kier molecular flexibility index (Phi) is 3.13. The number of para-hydroxylation sites is 1. The molecule has 1 atom stereocenters. The summed E-state index contributed by atoms with van der Waals surface area (Å²) in [6, 6.07) is 14.1. The van der Waals surface area contributed by atoms with Crippen molar-refractivity contribution in [3.8, 4) is 5.75 Å². The monoisotopic (exact) mass is 297 g/mol. The molecular formula is C17H15NO2S. The lowest BCUT2D eigenvalue weighted by Crippen LogP contribution is -1.96. The molecule has 4 heteroatoms. The van der Waals surface area contributed by atoms with Gasteiger partial charge in [0.05, 0.1) is 16.3 Å². The van der Waals surface area contributed by atoms with E-state index in [1.165, 1.54) is 10.3 Å². The highest BCUT2D eigenvalue weighted by atomic mass is 32.1. The molecule has 3 aromatic rings. The smallest absolute Gasteiger partial charge is 0.140 e. The lowest BCUT2D eigenvalue weighted by molar-refractivity contribution is 0.180. The molecule has 1 aliphatic carbocycles. The molecule has 0 saturated heterocycles. The number of aryl methyl sites for hydroxylation is 1. The summed E-state index contributed by atoms with van der Waals surface area (Å²) in [6.45, 7) is 0.487. The van der Waals surface area contributed by atoms with Gasteiger partial charge in [0.1, 0.15) is 17.4 Å². The summed E-state index contributed by atoms with van der Waals surface area (Å²) in [5.74, 6) is 0.849. The third-order valence-corrected chi connectivity index (χ3v) is 4.87. The van der Waals surface area contributed by atoms with Gasteiger partial charge in [0.15, 0.2) is 0 Å². The number of fused-ring (bicyclic) bond motifs is 2. The molecular weight excluding hydrogens is 282 g/mol. The molecule has 0 aliphatic heterocycles. The number of rotatable bonds is 3. The molecule has 2 aromatic carbocycles. The third kappa shape index (κ3) is 2.41. The Labute approximate surface area is 126 Å². The van der Waals surface area contributed by atoms with Crippen LogP contribution in [0.4, 0.5) is 0 Å². The lowest BCUT2D eigenvalue weighted by Gasteiger charge is -2.07. The Morgan fingerprint density at radius 2 is 2.14 bits per heavy atom. The molecule has 1 aromatic heterocycles. The standard InChI is InChI=1S/C17H15NO2S/c19-15-8-5-11-9-12(6-7-13(11)15)20-10-17-18-14-3-1-2-4-16(14)21-17/h1-4,6-7,9,15,19H,5,8,10H2/t15-/m1/s1. The van der Waals surface area contributed by atoms with Crippen LogP contribution in [0.1, 0.15) is 28.7 Å². The molecule has 4 rings (SSSR count). The van der Waals surface area contributed by atoms with Gasteiger partial charge in [-0.15, -0.1) is 11.3 Å². The summed E-state index contributed by atoms with van der Waals surface area (Å²) >= 11 is 1.67. The fourth-order valence-electron chi connectivity index (χ4n) is 2.79. The molecule has 0 bridgehead atoms. The van der Waals surface area contributed by atoms with E-state index in [1.807, 2.05) is 36.4 Å². The molecule has 0 unspecified atom stereocenters. The zero-order valence-electron chi connectivity index (χ0n) is 11.5. The zero-order valence-corrected chi connectivity index (χ0v) is 12.3. The predicted molar refractivity (Wildman–Crippen MR) is 83.7 cm³/mol. The van der Waals surface area contributed by atoms with Gasteiger partial charge in [-0.3, -0.25) is 0 Å². The molecule has 106 valence electrons. The first-order chi connectivity index (χ1) is 10.3. The molecule has 1 heterocycles. The van der Waals surface area contributed by atoms with Gasteiger partial charge in [0, 0.05) is 0 Å². The van der Waals surface area contributed by atoms with E-state index in [2.05, 4.69) is 11.1 Å². The van der Waals surface area contributed by atoms with Crippen LogP contribution in [-0.4, -0.2) is 10.1 Å². The SMILES string of the molecule is O[C@@H]1CCc2cc(OCc3nc4ccccc4s3)ccc21. The van der Waals surface area contributed by atoms with E-state index < -0.39 is 0 Å². The van der Waals surface area contributed by atoms with Crippen LogP contribution in [0.5, 0.6) is 5.75 Å². The van der Waals surface area contributed by atoms with E-state index in [0.717, 1.165) is 34.7 Å². The Morgan fingerprint density at radius 1 is 1.24 bits per heavy atom. The van der Waals surface area contributed by atoms with Crippen molar-refractivity contribution in [2.24, 2.45) is 0 Å². The van der Waals surface area contributed by atoms with Crippen LogP contribution < -0.4 is 4.74 Å². The summed E-state index contributed by atoms with van der Waals surface area (Å²) in [5.41, 5.74) is 3.27. The number of aliphatic hydroxyl groups is 1. The zero-order chi connectivity index (χ0) is 14.2. The van der Waals surface area contributed by atoms with Crippen molar-refractivity contribution < 1.29 is 9.84 Å². The van der Waals surface area contributed by atoms with Crippen LogP contribution in [0.15, 0.2) is 42.5 Å². The molecule has 0 saturated carbocycles. The summed E-state index contributed by atoms with van der Waals surface area (Å²) in [6.07, 6.45) is 1.43. The van der Waals surface area contributed by atoms with Crippen molar-refractivity contribution in [3.05, 3.63) is 58.6 Å². The number of hydrogen-bond donors (Lipinski definition) is 1. The van der Waals surface area contributed by atoms with Gasteiger partial charge < -0.3 is 9.84 Å². The van der Waals surface area contributed by atoms with Crippen LogP contribution in [-0.2, 0) is 13.0 Å². The summed E-state index contributed by atoms with van der Waals surface area (Å²) in [4.78, 5) is 4.57. The van der Waals surface area contributed by atoms with Crippen molar-refractivity contribution >= 4 is 21.6 Å². The number of ether oxygens (including phenoxy) is 1. The number of aromatic nitrogens is 1. The third-order valence-electron chi connectivity index (χ3n) is 3.86. The molecule has 0 amide bonds. The van der Waals surface area contributed by atoms with Gasteiger partial charge in [-0.25, -0.2) is 4.98 Å². The van der Waals surface area contributed by atoms with Gasteiger partial charge in [-0.05, 0) is 48.2 Å². The van der Waals surface area contributed by atoms with E-state index in [9.17, 15) is 5.11 Å². The Morgan fingerprint density at radius 3 is 3.05 bits per heavy atom. The Bertz CT molecular complexity index is 763. The molecule has 0 spiro atoms. The second-order valence-electron chi connectivity index (χ2n) is 5.28. The highest BCUT2D eigenvalue weighted by molar-refractivity contribution is 7.18. The maximum Gasteiger partial charge on any atom is 0.140 e. The average Bonchev–Trinajstić information content (AvgIpc) is 3.08. The lowest BCUT2D eigenvalue weighted by atomic mass is 10.1. The number of nitrogens with zero attached hydrogens (tertiary/aromatic N) is 1. The molecule has 1 N–H and O–H groups in total. The molecule has 3 nitrogen and oxygen atoms in total. The minimum atomic E-state index is -0.307. The minimum Gasteiger partial charge on any atom is -0.486 e. The van der Waals surface area contributed by atoms with E-state index in [1.54, 1.807) is 11.3 Å². The molecule has 21 heavy (non-hydrogen) atoms. The number of benzene rings is 2. The predicted octanol–water partition coefficient (Wildman–Crippen LogP) is 3.85. The van der Waals surface area contributed by atoms with Crippen LogP contribution in [0.25, 0.3) is 10.2 Å². The summed E-state index contributed by atoms with van der Waals surface area (Å²) in [7, 11) is 0. The van der Waals surface area contributed by atoms with Crippen LogP contribution in [0.3, 0.4) is 0 Å². The fourth-order valence-corrected chi connectivity index (χ4v) is 3.67. The first kappa shape index (κ1) is 12.8. The maximum absolute atomic E-state index is 9.81. The maximum atomic E-state index is 9.81. The first-order valence-electron chi connectivity index (χ1n) is 7.08. The fraction of sp³-hybridized carbons (Fsp3) is 0.235. The number of hydrogen-bond acceptors (Lipinski definition) is 4. The van der Waals surface area contributed by atoms with Crippen molar-refractivity contribution in [2.45, 2.75) is 25.6 Å². The van der Waals surface area contributed by atoms with Crippen molar-refractivity contribution in [1.82, 2.24) is 4.98 Å². The molecule has 1 aliphatic rings.